The van der Waals surface area contributed by atoms with E-state index in [1.54, 1.807) is 18.2 Å². The number of unbranched alkanes of at least 4 members (excludes halogenated alkanes) is 1. The molecule has 0 aliphatic rings. The van der Waals surface area contributed by atoms with Crippen LogP contribution in [-0.2, 0) is 6.42 Å². The lowest BCUT2D eigenvalue weighted by atomic mass is 10.1. The van der Waals surface area contributed by atoms with Gasteiger partial charge >= 0.3 is 0 Å². The summed E-state index contributed by atoms with van der Waals surface area (Å²) in [4.78, 5) is 29.6. The van der Waals surface area contributed by atoms with Crippen molar-refractivity contribution < 1.29 is 9.13 Å². The molecule has 0 bridgehead atoms. The largest absolute Gasteiger partial charge is 0.493 e. The molecule has 0 N–H and O–H groups in total. The zero-order valence-corrected chi connectivity index (χ0v) is 17.7. The third-order valence-electron chi connectivity index (χ3n) is 4.70. The van der Waals surface area contributed by atoms with E-state index in [2.05, 4.69) is 17.0 Å². The fourth-order valence-electron chi connectivity index (χ4n) is 3.05. The van der Waals surface area contributed by atoms with Gasteiger partial charge in [0.05, 0.1) is 11.1 Å². The van der Waals surface area contributed by atoms with Gasteiger partial charge in [-0.15, -0.1) is 0 Å². The van der Waals surface area contributed by atoms with Crippen molar-refractivity contribution in [3.8, 4) is 5.75 Å². The van der Waals surface area contributed by atoms with Gasteiger partial charge < -0.3 is 4.74 Å². The highest BCUT2D eigenvalue weighted by atomic mass is 32.1. The predicted molar refractivity (Wildman–Crippen MR) is 118 cm³/mol. The number of benzene rings is 2. The van der Waals surface area contributed by atoms with Crippen LogP contribution in [0.2, 0.25) is 0 Å². The molecular weight excluding hydrogens is 417 g/mol. The second kappa shape index (κ2) is 9.18. The molecule has 4 aromatic rings. The van der Waals surface area contributed by atoms with Gasteiger partial charge in [-0.1, -0.05) is 55.0 Å². The number of rotatable bonds is 7. The Hall–Kier alpha value is -3.39. The fourth-order valence-corrected chi connectivity index (χ4v) is 3.94. The second-order valence-corrected chi connectivity index (χ2v) is 8.03. The van der Waals surface area contributed by atoms with Gasteiger partial charge in [0.2, 0.25) is 4.96 Å². The average molecular weight is 437 g/mol. The van der Waals surface area contributed by atoms with Crippen LogP contribution >= 0.6 is 11.3 Å². The van der Waals surface area contributed by atoms with E-state index in [1.807, 2.05) is 24.3 Å². The number of para-hydroxylation sites is 1. The number of nitrogens with zero attached hydrogens (tertiary/aromatic N) is 3. The molecule has 0 radical (unpaired) electrons. The zero-order chi connectivity index (χ0) is 21.8. The second-order valence-electron chi connectivity index (χ2n) is 7.02. The predicted octanol–water partition coefficient (Wildman–Crippen LogP) is 2.97. The lowest BCUT2D eigenvalue weighted by Gasteiger charge is -2.07. The number of ether oxygens (including phenoxy) is 1. The van der Waals surface area contributed by atoms with Crippen LogP contribution < -0.4 is 20.4 Å². The first-order chi connectivity index (χ1) is 15.0. The maximum absolute atomic E-state index is 13.1. The molecule has 31 heavy (non-hydrogen) atoms. The van der Waals surface area contributed by atoms with Crippen molar-refractivity contribution in [3.63, 3.8) is 0 Å². The molecular formula is C23H20FN3O3S. The average Bonchev–Trinajstić information content (AvgIpc) is 3.06. The van der Waals surface area contributed by atoms with E-state index in [0.29, 0.717) is 22.5 Å². The molecule has 4 rings (SSSR count). The number of hydrogen-bond donors (Lipinski definition) is 0. The molecule has 0 aliphatic heterocycles. The monoisotopic (exact) mass is 437 g/mol. The normalized spacial score (nSPS) is 11.9. The Bertz CT molecular complexity index is 1380. The lowest BCUT2D eigenvalue weighted by Crippen LogP contribution is -2.28. The molecule has 6 nitrogen and oxygen atoms in total. The summed E-state index contributed by atoms with van der Waals surface area (Å²) in [5.41, 5.74) is 0.766. The van der Waals surface area contributed by atoms with E-state index in [1.165, 1.54) is 12.1 Å². The van der Waals surface area contributed by atoms with Gasteiger partial charge in [-0.05, 0) is 36.3 Å². The molecule has 0 unspecified atom stereocenters. The van der Waals surface area contributed by atoms with Gasteiger partial charge in [0.25, 0.3) is 11.1 Å². The van der Waals surface area contributed by atoms with Crippen LogP contribution in [-0.4, -0.2) is 21.2 Å². The van der Waals surface area contributed by atoms with Crippen molar-refractivity contribution in [3.05, 3.63) is 96.4 Å². The molecule has 0 fully saturated rings. The van der Waals surface area contributed by atoms with Gasteiger partial charge in [0.15, 0.2) is 0 Å². The third kappa shape index (κ3) is 4.69. The third-order valence-corrected chi connectivity index (χ3v) is 5.66. The quantitative estimate of drug-likeness (QED) is 0.416. The maximum Gasteiger partial charge on any atom is 0.296 e. The van der Waals surface area contributed by atoms with Gasteiger partial charge in [0, 0.05) is 12.0 Å². The van der Waals surface area contributed by atoms with Crippen molar-refractivity contribution in [2.45, 2.75) is 26.2 Å². The first-order valence-corrected chi connectivity index (χ1v) is 10.8. The van der Waals surface area contributed by atoms with E-state index in [0.717, 1.165) is 34.3 Å². The molecule has 0 amide bonds. The molecule has 0 saturated carbocycles. The molecule has 2 aromatic heterocycles. The van der Waals surface area contributed by atoms with Gasteiger partial charge in [-0.3, -0.25) is 9.59 Å². The van der Waals surface area contributed by atoms with Crippen LogP contribution in [0.5, 0.6) is 5.75 Å². The summed E-state index contributed by atoms with van der Waals surface area (Å²) < 4.78 is 20.5. The maximum atomic E-state index is 13.1. The molecule has 0 aliphatic carbocycles. The van der Waals surface area contributed by atoms with Gasteiger partial charge in [0.1, 0.15) is 17.3 Å². The summed E-state index contributed by atoms with van der Waals surface area (Å²) in [7, 11) is 0. The van der Waals surface area contributed by atoms with Crippen molar-refractivity contribution >= 4 is 22.4 Å². The van der Waals surface area contributed by atoms with E-state index in [-0.39, 0.29) is 28.5 Å². The zero-order valence-electron chi connectivity index (χ0n) is 16.9. The minimum Gasteiger partial charge on any atom is -0.493 e. The highest BCUT2D eigenvalue weighted by Crippen LogP contribution is 2.19. The summed E-state index contributed by atoms with van der Waals surface area (Å²) in [5.74, 6) is 0.334. The van der Waals surface area contributed by atoms with Crippen molar-refractivity contribution in [1.82, 2.24) is 14.6 Å². The van der Waals surface area contributed by atoms with Gasteiger partial charge in [-0.2, -0.15) is 14.6 Å². The smallest absolute Gasteiger partial charge is 0.296 e. The first-order valence-electron chi connectivity index (χ1n) is 9.96. The van der Waals surface area contributed by atoms with Gasteiger partial charge in [-0.25, -0.2) is 4.39 Å². The molecule has 2 aromatic carbocycles. The Labute approximate surface area is 181 Å². The number of fused-ring (bicyclic) bond motifs is 1. The van der Waals surface area contributed by atoms with Crippen molar-refractivity contribution in [2.24, 2.45) is 0 Å². The molecule has 8 heteroatoms. The van der Waals surface area contributed by atoms with E-state index < -0.39 is 5.56 Å². The summed E-state index contributed by atoms with van der Waals surface area (Å²) >= 11 is 1.10. The molecule has 0 spiro atoms. The number of halogens is 1. The Kier molecular flexibility index (Phi) is 6.18. The first kappa shape index (κ1) is 20.9. The Balaban J connectivity index is 1.73. The van der Waals surface area contributed by atoms with E-state index in [4.69, 9.17) is 4.74 Å². The Morgan fingerprint density at radius 2 is 1.90 bits per heavy atom. The summed E-state index contributed by atoms with van der Waals surface area (Å²) in [6.45, 7) is 2.69. The molecule has 158 valence electrons. The molecule has 2 heterocycles. The van der Waals surface area contributed by atoms with Crippen LogP contribution in [0.3, 0.4) is 0 Å². The van der Waals surface area contributed by atoms with Crippen molar-refractivity contribution in [1.29, 1.82) is 0 Å². The Morgan fingerprint density at radius 3 is 2.68 bits per heavy atom. The molecule has 0 atom stereocenters. The summed E-state index contributed by atoms with van der Waals surface area (Å²) in [5, 5.41) is 4.23. The highest BCUT2D eigenvalue weighted by molar-refractivity contribution is 7.15. The molecule has 0 saturated heterocycles. The summed E-state index contributed by atoms with van der Waals surface area (Å²) in [6, 6.07) is 13.3. The Morgan fingerprint density at radius 1 is 1.13 bits per heavy atom. The number of aromatic nitrogens is 3. The highest BCUT2D eigenvalue weighted by Gasteiger charge is 2.12. The van der Waals surface area contributed by atoms with Crippen molar-refractivity contribution in [2.75, 3.05) is 6.61 Å². The fraction of sp³-hybridized carbons (Fsp3) is 0.217. The van der Waals surface area contributed by atoms with Crippen LogP contribution in [0.15, 0.2) is 58.1 Å². The van der Waals surface area contributed by atoms with Crippen LogP contribution in [0.25, 0.3) is 11.0 Å². The lowest BCUT2D eigenvalue weighted by molar-refractivity contribution is 0.309. The SMILES string of the molecule is CCCCOc1ccccc1/C=c1\sc2nc(=O)c(Cc3ccc(F)cc3)nn2c1=O. The minimum atomic E-state index is -0.500. The van der Waals surface area contributed by atoms with Crippen LogP contribution in [0, 0.1) is 5.82 Å². The minimum absolute atomic E-state index is 0.133. The standard InChI is InChI=1S/C23H20FN3O3S/c1-2-3-12-30-19-7-5-4-6-16(19)14-20-22(29)27-23(31-20)25-21(28)18(26-27)13-15-8-10-17(24)11-9-15/h4-11,14H,2-3,12-13H2,1H3/b20-14-. The topological polar surface area (TPSA) is 73.6 Å². The van der Waals surface area contributed by atoms with E-state index in [9.17, 15) is 14.0 Å². The van der Waals surface area contributed by atoms with Crippen LogP contribution in [0.4, 0.5) is 4.39 Å². The van der Waals surface area contributed by atoms with E-state index >= 15 is 0 Å². The van der Waals surface area contributed by atoms with Crippen LogP contribution in [0.1, 0.15) is 36.6 Å². The summed E-state index contributed by atoms with van der Waals surface area (Å²) in [6.07, 6.45) is 3.86. The number of thiazole rings is 1. The number of hydrogen-bond acceptors (Lipinski definition) is 6.